The summed E-state index contributed by atoms with van der Waals surface area (Å²) in [5, 5.41) is 3.38. The van der Waals surface area contributed by atoms with E-state index in [2.05, 4.69) is 12.2 Å². The normalized spacial score (nSPS) is 35.4. The Kier molecular flexibility index (Phi) is 2.05. The van der Waals surface area contributed by atoms with Gasteiger partial charge in [0.2, 0.25) is 5.91 Å². The molecule has 1 N–H and O–H groups in total. The van der Waals surface area contributed by atoms with Crippen LogP contribution in [-0.4, -0.2) is 36.0 Å². The molecule has 2 rings (SSSR count). The monoisotopic (exact) mass is 170 g/mol. The standard InChI is InChI=1S/C9H16N2O.H2/c1-2-11-6-7-4-3-5-8(10-7)9(11)12;/h7-8,10H,2-6H2,1H3;1H. The van der Waals surface area contributed by atoms with E-state index in [0.717, 1.165) is 19.5 Å². The van der Waals surface area contributed by atoms with Gasteiger partial charge in [-0.05, 0) is 26.2 Å². The molecule has 3 heteroatoms. The van der Waals surface area contributed by atoms with Gasteiger partial charge in [0.15, 0.2) is 0 Å². The van der Waals surface area contributed by atoms with Crippen molar-refractivity contribution in [2.24, 2.45) is 0 Å². The average Bonchev–Trinajstić information content (AvgIpc) is 2.12. The summed E-state index contributed by atoms with van der Waals surface area (Å²) < 4.78 is 0. The molecule has 2 unspecified atom stereocenters. The number of carbonyl (C=O) groups excluding carboxylic acids is 1. The summed E-state index contributed by atoms with van der Waals surface area (Å²) in [6, 6.07) is 0.707. The summed E-state index contributed by atoms with van der Waals surface area (Å²) in [4.78, 5) is 13.6. The van der Waals surface area contributed by atoms with Gasteiger partial charge in [0.25, 0.3) is 0 Å². The molecule has 0 aromatic carbocycles. The van der Waals surface area contributed by atoms with Gasteiger partial charge in [-0.1, -0.05) is 0 Å². The second kappa shape index (κ2) is 3.05. The molecule has 2 atom stereocenters. The molecular formula is C9H18N2O. The van der Waals surface area contributed by atoms with Gasteiger partial charge in [-0.15, -0.1) is 0 Å². The Balaban J connectivity index is 0.000000845. The van der Waals surface area contributed by atoms with Gasteiger partial charge in [-0.25, -0.2) is 0 Å². The number of hydrogen-bond acceptors (Lipinski definition) is 2. The highest BCUT2D eigenvalue weighted by atomic mass is 16.2. The van der Waals surface area contributed by atoms with E-state index >= 15 is 0 Å². The largest absolute Gasteiger partial charge is 0.340 e. The van der Waals surface area contributed by atoms with Gasteiger partial charge in [0.05, 0.1) is 6.04 Å². The molecule has 2 saturated heterocycles. The molecule has 1 amide bonds. The number of likely N-dealkylation sites (tertiary alicyclic amines) is 1. The molecule has 2 aliphatic rings. The summed E-state index contributed by atoms with van der Waals surface area (Å²) in [7, 11) is 0. The van der Waals surface area contributed by atoms with E-state index in [0.29, 0.717) is 11.9 Å². The van der Waals surface area contributed by atoms with Gasteiger partial charge >= 0.3 is 0 Å². The minimum Gasteiger partial charge on any atom is -0.340 e. The summed E-state index contributed by atoms with van der Waals surface area (Å²) in [5.74, 6) is 0.313. The van der Waals surface area contributed by atoms with Crippen molar-refractivity contribution in [3.8, 4) is 0 Å². The Bertz CT molecular complexity index is 194. The first kappa shape index (κ1) is 8.05. The zero-order valence-corrected chi connectivity index (χ0v) is 7.55. The number of nitrogens with zero attached hydrogens (tertiary/aromatic N) is 1. The fraction of sp³-hybridized carbons (Fsp3) is 0.889. The molecule has 70 valence electrons. The fourth-order valence-electron chi connectivity index (χ4n) is 2.22. The number of likely N-dealkylation sites (N-methyl/N-ethyl adjacent to an activating group) is 1. The van der Waals surface area contributed by atoms with Gasteiger partial charge in [0, 0.05) is 20.6 Å². The Morgan fingerprint density at radius 2 is 2.50 bits per heavy atom. The van der Waals surface area contributed by atoms with Crippen LogP contribution in [0.1, 0.15) is 27.6 Å². The molecule has 3 nitrogen and oxygen atoms in total. The first-order valence-corrected chi connectivity index (χ1v) is 4.86. The molecule has 0 radical (unpaired) electrons. The molecule has 0 saturated carbocycles. The first-order chi connectivity index (χ1) is 5.81. The van der Waals surface area contributed by atoms with E-state index in [9.17, 15) is 4.79 Å². The molecule has 2 bridgehead atoms. The molecule has 2 heterocycles. The molecule has 2 aliphatic heterocycles. The summed E-state index contributed by atoms with van der Waals surface area (Å²) in [6.45, 7) is 3.85. The summed E-state index contributed by atoms with van der Waals surface area (Å²) in [6.07, 6.45) is 3.48. The third kappa shape index (κ3) is 1.22. The molecular weight excluding hydrogens is 152 g/mol. The van der Waals surface area contributed by atoms with Crippen molar-refractivity contribution in [3.05, 3.63) is 0 Å². The maximum atomic E-state index is 11.6. The third-order valence-corrected chi connectivity index (χ3v) is 2.91. The van der Waals surface area contributed by atoms with Crippen LogP contribution in [0.5, 0.6) is 0 Å². The van der Waals surface area contributed by atoms with Crippen LogP contribution in [0.3, 0.4) is 0 Å². The quantitative estimate of drug-likeness (QED) is 0.625. The van der Waals surface area contributed by atoms with E-state index in [1.54, 1.807) is 0 Å². The molecule has 2 fully saturated rings. The Morgan fingerprint density at radius 3 is 3.25 bits per heavy atom. The van der Waals surface area contributed by atoms with Gasteiger partial charge in [-0.3, -0.25) is 4.79 Å². The van der Waals surface area contributed by atoms with E-state index in [1.807, 2.05) is 4.90 Å². The maximum absolute atomic E-state index is 11.6. The molecule has 0 aliphatic carbocycles. The minimum absolute atomic E-state index is 0. The second-order valence-corrected chi connectivity index (χ2v) is 3.72. The van der Waals surface area contributed by atoms with Crippen LogP contribution in [0, 0.1) is 0 Å². The van der Waals surface area contributed by atoms with E-state index < -0.39 is 0 Å². The van der Waals surface area contributed by atoms with E-state index in [1.165, 1.54) is 12.8 Å². The van der Waals surface area contributed by atoms with Crippen molar-refractivity contribution in [2.45, 2.75) is 38.3 Å². The number of fused-ring (bicyclic) bond motifs is 2. The van der Waals surface area contributed by atoms with Crippen LogP contribution in [0.15, 0.2) is 0 Å². The summed E-state index contributed by atoms with van der Waals surface area (Å²) in [5.41, 5.74) is 0. The third-order valence-electron chi connectivity index (χ3n) is 2.91. The SMILES string of the molecule is CCN1CC2CCCC(N2)C1=O.[HH]. The number of amides is 1. The van der Waals surface area contributed by atoms with Crippen LogP contribution in [-0.2, 0) is 4.79 Å². The molecule has 0 aromatic heterocycles. The number of rotatable bonds is 1. The lowest BCUT2D eigenvalue weighted by atomic mass is 9.94. The number of piperidine rings is 1. The zero-order chi connectivity index (χ0) is 8.55. The van der Waals surface area contributed by atoms with Crippen LogP contribution < -0.4 is 5.32 Å². The van der Waals surface area contributed by atoms with E-state index in [-0.39, 0.29) is 7.47 Å². The number of hydrogen-bond donors (Lipinski definition) is 1. The first-order valence-electron chi connectivity index (χ1n) is 4.86. The van der Waals surface area contributed by atoms with Crippen LogP contribution in [0.25, 0.3) is 0 Å². The minimum atomic E-state index is 0. The molecule has 0 aromatic rings. The number of nitrogens with one attached hydrogen (secondary N) is 1. The Morgan fingerprint density at radius 1 is 1.67 bits per heavy atom. The number of piperazine rings is 1. The van der Waals surface area contributed by atoms with Crippen molar-refractivity contribution < 1.29 is 6.22 Å². The fourth-order valence-corrected chi connectivity index (χ4v) is 2.22. The smallest absolute Gasteiger partial charge is 0.239 e. The average molecular weight is 170 g/mol. The van der Waals surface area contributed by atoms with Gasteiger partial charge < -0.3 is 10.2 Å². The molecule has 12 heavy (non-hydrogen) atoms. The highest BCUT2D eigenvalue weighted by Gasteiger charge is 2.35. The van der Waals surface area contributed by atoms with Crippen LogP contribution >= 0.6 is 0 Å². The zero-order valence-electron chi connectivity index (χ0n) is 7.55. The van der Waals surface area contributed by atoms with Crippen LogP contribution in [0.2, 0.25) is 0 Å². The topological polar surface area (TPSA) is 32.3 Å². The number of carbonyl (C=O) groups is 1. The highest BCUT2D eigenvalue weighted by molar-refractivity contribution is 5.83. The second-order valence-electron chi connectivity index (χ2n) is 3.72. The maximum Gasteiger partial charge on any atom is 0.239 e. The Hall–Kier alpha value is -0.570. The predicted molar refractivity (Wildman–Crippen MR) is 48.9 cm³/mol. The Labute approximate surface area is 74.6 Å². The molecule has 0 spiro atoms. The highest BCUT2D eigenvalue weighted by Crippen LogP contribution is 2.19. The lowest BCUT2D eigenvalue weighted by Gasteiger charge is -2.41. The summed E-state index contributed by atoms with van der Waals surface area (Å²) >= 11 is 0. The lowest BCUT2D eigenvalue weighted by Crippen LogP contribution is -2.61. The lowest BCUT2D eigenvalue weighted by molar-refractivity contribution is -0.138. The predicted octanol–water partition coefficient (Wildman–Crippen LogP) is 0.605. The van der Waals surface area contributed by atoms with Gasteiger partial charge in [-0.2, -0.15) is 0 Å². The van der Waals surface area contributed by atoms with Crippen LogP contribution in [0.4, 0.5) is 0 Å². The van der Waals surface area contributed by atoms with Crippen molar-refractivity contribution in [2.75, 3.05) is 13.1 Å². The van der Waals surface area contributed by atoms with Crippen molar-refractivity contribution >= 4 is 5.91 Å². The van der Waals surface area contributed by atoms with Crippen molar-refractivity contribution in [1.82, 2.24) is 10.2 Å². The van der Waals surface area contributed by atoms with Gasteiger partial charge in [0.1, 0.15) is 0 Å². The van der Waals surface area contributed by atoms with E-state index in [4.69, 9.17) is 0 Å². The van der Waals surface area contributed by atoms with Crippen molar-refractivity contribution in [3.63, 3.8) is 0 Å². The van der Waals surface area contributed by atoms with Crippen molar-refractivity contribution in [1.29, 1.82) is 0 Å².